The molecule has 2 unspecified atom stereocenters. The minimum Gasteiger partial charge on any atom is -0.332 e. The Labute approximate surface area is 122 Å². The van der Waals surface area contributed by atoms with Crippen molar-refractivity contribution in [2.24, 2.45) is 0 Å². The van der Waals surface area contributed by atoms with Crippen molar-refractivity contribution in [3.8, 4) is 0 Å². The number of sulfonamides is 1. The maximum Gasteiger partial charge on any atom is 0.329 e. The van der Waals surface area contributed by atoms with E-state index in [0.717, 1.165) is 15.5 Å². The number of carbonyl (C=O) groups excluding carboxylic acids is 2. The molecule has 2 saturated heterocycles. The molecule has 0 aliphatic carbocycles. The van der Waals surface area contributed by atoms with Gasteiger partial charge in [0.15, 0.2) is 0 Å². The van der Waals surface area contributed by atoms with Crippen LogP contribution >= 0.6 is 0 Å². The predicted molar refractivity (Wildman–Crippen MR) is 76.2 cm³/mol. The number of imide groups is 1. The monoisotopic (exact) mass is 309 g/mol. The van der Waals surface area contributed by atoms with Crippen molar-refractivity contribution in [2.45, 2.75) is 18.5 Å². The number of benzene rings is 1. The Morgan fingerprint density at radius 1 is 1.19 bits per heavy atom. The zero-order chi connectivity index (χ0) is 15.2. The van der Waals surface area contributed by atoms with E-state index in [9.17, 15) is 18.0 Å². The first-order valence-corrected chi connectivity index (χ1v) is 8.41. The molecule has 1 aromatic carbocycles. The summed E-state index contributed by atoms with van der Waals surface area (Å²) in [6.45, 7) is 0.239. The number of rotatable bonds is 2. The van der Waals surface area contributed by atoms with Gasteiger partial charge in [-0.2, -0.15) is 4.31 Å². The summed E-state index contributed by atoms with van der Waals surface area (Å²) in [7, 11) is -3.49. The maximum absolute atomic E-state index is 12.6. The third kappa shape index (κ3) is 2.30. The first-order valence-electron chi connectivity index (χ1n) is 6.56. The van der Waals surface area contributed by atoms with Crippen molar-refractivity contribution >= 4 is 27.6 Å². The summed E-state index contributed by atoms with van der Waals surface area (Å²) in [6.07, 6.45) is 1.52. The number of para-hydroxylation sites is 1. The number of nitrogens with zero attached hydrogens (tertiary/aromatic N) is 2. The molecule has 21 heavy (non-hydrogen) atoms. The average Bonchev–Trinajstić information content (AvgIpc) is 2.84. The van der Waals surface area contributed by atoms with Gasteiger partial charge in [0.25, 0.3) is 5.91 Å². The van der Waals surface area contributed by atoms with Crippen LogP contribution < -0.4 is 10.2 Å². The molecule has 0 spiro atoms. The molecule has 3 rings (SSSR count). The van der Waals surface area contributed by atoms with Gasteiger partial charge in [-0.3, -0.25) is 4.79 Å². The third-order valence-corrected chi connectivity index (χ3v) is 5.04. The van der Waals surface area contributed by atoms with E-state index < -0.39 is 34.0 Å². The van der Waals surface area contributed by atoms with E-state index in [4.69, 9.17) is 0 Å². The molecule has 7 nitrogen and oxygen atoms in total. The highest BCUT2D eigenvalue weighted by Gasteiger charge is 2.51. The lowest BCUT2D eigenvalue weighted by Gasteiger charge is -2.36. The number of amides is 3. The van der Waals surface area contributed by atoms with Crippen molar-refractivity contribution in [3.63, 3.8) is 0 Å². The summed E-state index contributed by atoms with van der Waals surface area (Å²) in [4.78, 5) is 25.8. The van der Waals surface area contributed by atoms with Crippen LogP contribution in [0.3, 0.4) is 0 Å². The van der Waals surface area contributed by atoms with Crippen LogP contribution in [0.5, 0.6) is 0 Å². The smallest absolute Gasteiger partial charge is 0.329 e. The number of fused-ring (bicyclic) bond motifs is 1. The fraction of sp³-hybridized carbons (Fsp3) is 0.385. The van der Waals surface area contributed by atoms with Crippen LogP contribution in [0.2, 0.25) is 0 Å². The van der Waals surface area contributed by atoms with Gasteiger partial charge < -0.3 is 5.32 Å². The summed E-state index contributed by atoms with van der Waals surface area (Å²) in [5, 5.41) is 2.72. The first-order chi connectivity index (χ1) is 9.89. The SMILES string of the molecule is CS(=O)(=O)N1CCC2NC(=O)N(c3ccccc3)C(=O)C21. The standard InChI is InChI=1S/C13H15N3O4S/c1-21(19,20)15-8-7-10-11(15)12(17)16(13(18)14-10)9-5-3-2-4-6-9/h2-6,10-11H,7-8H2,1H3,(H,14,18). The molecule has 1 N–H and O–H groups in total. The third-order valence-electron chi connectivity index (χ3n) is 3.78. The lowest BCUT2D eigenvalue weighted by atomic mass is 10.1. The topological polar surface area (TPSA) is 86.8 Å². The summed E-state index contributed by atoms with van der Waals surface area (Å²) in [5.74, 6) is -0.502. The van der Waals surface area contributed by atoms with Gasteiger partial charge in [-0.05, 0) is 18.6 Å². The molecule has 2 aliphatic rings. The molecule has 0 aromatic heterocycles. The van der Waals surface area contributed by atoms with Gasteiger partial charge in [0.2, 0.25) is 10.0 Å². The van der Waals surface area contributed by atoms with Gasteiger partial charge in [0.1, 0.15) is 6.04 Å². The molecule has 0 radical (unpaired) electrons. The second kappa shape index (κ2) is 4.81. The summed E-state index contributed by atoms with van der Waals surface area (Å²) in [6, 6.07) is 6.64. The molecular formula is C13H15N3O4S. The Kier molecular flexibility index (Phi) is 3.22. The molecule has 112 valence electrons. The van der Waals surface area contributed by atoms with Crippen LogP contribution in [0.15, 0.2) is 30.3 Å². The number of hydrogen-bond donors (Lipinski definition) is 1. The Balaban J connectivity index is 1.99. The van der Waals surface area contributed by atoms with Crippen LogP contribution in [0.1, 0.15) is 6.42 Å². The van der Waals surface area contributed by atoms with Gasteiger partial charge in [-0.1, -0.05) is 18.2 Å². The van der Waals surface area contributed by atoms with E-state index in [1.54, 1.807) is 30.3 Å². The molecule has 8 heteroatoms. The quantitative estimate of drug-likeness (QED) is 0.842. The minimum absolute atomic E-state index is 0.239. The van der Waals surface area contributed by atoms with E-state index in [0.29, 0.717) is 12.1 Å². The Hall–Kier alpha value is -1.93. The zero-order valence-electron chi connectivity index (χ0n) is 11.4. The van der Waals surface area contributed by atoms with E-state index in [1.165, 1.54) is 0 Å². The molecule has 0 saturated carbocycles. The summed E-state index contributed by atoms with van der Waals surface area (Å²) >= 11 is 0. The molecule has 3 amide bonds. The normalized spacial score (nSPS) is 26.6. The number of carbonyl (C=O) groups is 2. The van der Waals surface area contributed by atoms with Crippen molar-refractivity contribution in [2.75, 3.05) is 17.7 Å². The number of anilines is 1. The Morgan fingerprint density at radius 2 is 1.86 bits per heavy atom. The van der Waals surface area contributed by atoms with Crippen LogP contribution in [0.4, 0.5) is 10.5 Å². The molecule has 2 atom stereocenters. The minimum atomic E-state index is -3.49. The lowest BCUT2D eigenvalue weighted by Crippen LogP contribution is -2.64. The van der Waals surface area contributed by atoms with Gasteiger partial charge in [0, 0.05) is 6.54 Å². The second-order valence-corrected chi connectivity index (χ2v) is 7.11. The fourth-order valence-electron chi connectivity index (χ4n) is 2.86. The molecular weight excluding hydrogens is 294 g/mol. The molecule has 2 heterocycles. The first kappa shape index (κ1) is 14.0. The molecule has 1 aromatic rings. The van der Waals surface area contributed by atoms with Crippen LogP contribution in [-0.2, 0) is 14.8 Å². The molecule has 2 fully saturated rings. The Morgan fingerprint density at radius 3 is 2.48 bits per heavy atom. The van der Waals surface area contributed by atoms with Crippen molar-refractivity contribution in [1.82, 2.24) is 9.62 Å². The Bertz CT molecular complexity index is 689. The lowest BCUT2D eigenvalue weighted by molar-refractivity contribution is -0.122. The van der Waals surface area contributed by atoms with Gasteiger partial charge >= 0.3 is 6.03 Å². The van der Waals surface area contributed by atoms with E-state index in [2.05, 4.69) is 5.32 Å². The van der Waals surface area contributed by atoms with E-state index >= 15 is 0 Å². The number of urea groups is 1. The van der Waals surface area contributed by atoms with E-state index in [-0.39, 0.29) is 6.54 Å². The van der Waals surface area contributed by atoms with Crippen molar-refractivity contribution < 1.29 is 18.0 Å². The predicted octanol–water partition coefficient (Wildman–Crippen LogP) is 0.145. The zero-order valence-corrected chi connectivity index (χ0v) is 12.2. The van der Waals surface area contributed by atoms with Gasteiger partial charge in [-0.25, -0.2) is 18.1 Å². The molecule has 0 bridgehead atoms. The van der Waals surface area contributed by atoms with Gasteiger partial charge in [-0.15, -0.1) is 0 Å². The largest absolute Gasteiger partial charge is 0.332 e. The van der Waals surface area contributed by atoms with E-state index in [1.807, 2.05) is 0 Å². The highest BCUT2D eigenvalue weighted by atomic mass is 32.2. The van der Waals surface area contributed by atoms with Gasteiger partial charge in [0.05, 0.1) is 18.0 Å². The van der Waals surface area contributed by atoms with Crippen molar-refractivity contribution in [1.29, 1.82) is 0 Å². The summed E-state index contributed by atoms with van der Waals surface area (Å²) in [5.41, 5.74) is 0.429. The van der Waals surface area contributed by atoms with Crippen molar-refractivity contribution in [3.05, 3.63) is 30.3 Å². The van der Waals surface area contributed by atoms with Crippen LogP contribution in [-0.4, -0.2) is 49.5 Å². The summed E-state index contributed by atoms with van der Waals surface area (Å²) < 4.78 is 24.8. The second-order valence-electron chi connectivity index (χ2n) is 5.17. The maximum atomic E-state index is 12.6. The number of hydrogen-bond acceptors (Lipinski definition) is 4. The highest BCUT2D eigenvalue weighted by Crippen LogP contribution is 2.28. The fourth-order valence-corrected chi connectivity index (χ4v) is 3.95. The highest BCUT2D eigenvalue weighted by molar-refractivity contribution is 7.88. The average molecular weight is 309 g/mol. The number of nitrogens with one attached hydrogen (secondary N) is 1. The van der Waals surface area contributed by atoms with Crippen LogP contribution in [0.25, 0.3) is 0 Å². The van der Waals surface area contributed by atoms with Crippen LogP contribution in [0, 0.1) is 0 Å². The molecule has 2 aliphatic heterocycles.